The lowest BCUT2D eigenvalue weighted by Gasteiger charge is -2.29. The smallest absolute Gasteiger partial charge is 0.332 e. The molecule has 0 aliphatic carbocycles. The van der Waals surface area contributed by atoms with Crippen molar-refractivity contribution in [2.24, 2.45) is 0 Å². The second-order valence-corrected chi connectivity index (χ2v) is 6.59. The topological polar surface area (TPSA) is 87.7 Å². The summed E-state index contributed by atoms with van der Waals surface area (Å²) in [6.07, 6.45) is 4.28. The van der Waals surface area contributed by atoms with E-state index in [0.29, 0.717) is 25.9 Å². The van der Waals surface area contributed by atoms with Crippen molar-refractivity contribution in [3.8, 4) is 0 Å². The summed E-state index contributed by atoms with van der Waals surface area (Å²) in [6.45, 7) is 5.21. The van der Waals surface area contributed by atoms with Gasteiger partial charge in [-0.1, -0.05) is 13.8 Å². The van der Waals surface area contributed by atoms with E-state index in [-0.39, 0.29) is 16.9 Å². The molecular weight excluding hydrogens is 292 g/mol. The fourth-order valence-corrected chi connectivity index (χ4v) is 3.20. The molecule has 0 aromatic rings. The van der Waals surface area contributed by atoms with Gasteiger partial charge < -0.3 is 20.5 Å². The SMILES string of the molecule is CCC(CC)(CNC(=O)NCC1CCC(C(=O)O)O1)SC. The van der Waals surface area contributed by atoms with Crippen LogP contribution in [0.1, 0.15) is 39.5 Å². The van der Waals surface area contributed by atoms with E-state index in [9.17, 15) is 9.59 Å². The van der Waals surface area contributed by atoms with Gasteiger partial charge in [0.05, 0.1) is 6.10 Å². The standard InChI is InChI=1S/C14H26N2O4S/c1-4-14(5-2,21-3)9-16-13(19)15-8-10-6-7-11(20-10)12(17)18/h10-11H,4-9H2,1-3H3,(H,17,18)(H2,15,16,19). The van der Waals surface area contributed by atoms with Crippen molar-refractivity contribution in [1.82, 2.24) is 10.6 Å². The molecule has 1 aliphatic rings. The molecule has 2 unspecified atom stereocenters. The third-order valence-electron chi connectivity index (χ3n) is 4.17. The van der Waals surface area contributed by atoms with Gasteiger partial charge in [0.25, 0.3) is 0 Å². The summed E-state index contributed by atoms with van der Waals surface area (Å²) in [5.41, 5.74) is 0. The molecule has 0 radical (unpaired) electrons. The molecule has 1 saturated heterocycles. The van der Waals surface area contributed by atoms with Crippen LogP contribution >= 0.6 is 11.8 Å². The maximum atomic E-state index is 11.8. The third-order valence-corrected chi connectivity index (χ3v) is 5.75. The molecule has 7 heteroatoms. The predicted molar refractivity (Wildman–Crippen MR) is 83.8 cm³/mol. The zero-order valence-corrected chi connectivity index (χ0v) is 13.8. The first-order valence-corrected chi connectivity index (χ1v) is 8.64. The van der Waals surface area contributed by atoms with Crippen LogP contribution in [0, 0.1) is 0 Å². The Morgan fingerprint density at radius 1 is 1.29 bits per heavy atom. The van der Waals surface area contributed by atoms with Crippen LogP contribution in [0.5, 0.6) is 0 Å². The van der Waals surface area contributed by atoms with Crippen molar-refractivity contribution in [2.75, 3.05) is 19.3 Å². The summed E-state index contributed by atoms with van der Waals surface area (Å²) in [5, 5.41) is 14.5. The van der Waals surface area contributed by atoms with Crippen molar-refractivity contribution in [1.29, 1.82) is 0 Å². The number of carboxylic acids is 1. The monoisotopic (exact) mass is 318 g/mol. The first-order chi connectivity index (χ1) is 9.96. The highest BCUT2D eigenvalue weighted by Crippen LogP contribution is 2.29. The first-order valence-electron chi connectivity index (χ1n) is 7.41. The summed E-state index contributed by atoms with van der Waals surface area (Å²) >= 11 is 1.77. The average Bonchev–Trinajstić information content (AvgIpc) is 2.96. The molecule has 0 aromatic heterocycles. The van der Waals surface area contributed by atoms with Gasteiger partial charge in [-0.05, 0) is 31.9 Å². The van der Waals surface area contributed by atoms with Crippen LogP contribution in [0.3, 0.4) is 0 Å². The normalized spacial score (nSPS) is 22.0. The largest absolute Gasteiger partial charge is 0.479 e. The van der Waals surface area contributed by atoms with E-state index in [1.54, 1.807) is 11.8 Å². The zero-order valence-electron chi connectivity index (χ0n) is 13.0. The van der Waals surface area contributed by atoms with Gasteiger partial charge in [0.2, 0.25) is 0 Å². The van der Waals surface area contributed by atoms with Crippen LogP contribution in [0.2, 0.25) is 0 Å². The molecular formula is C14H26N2O4S. The molecule has 1 rings (SSSR count). The molecule has 1 fully saturated rings. The second-order valence-electron chi connectivity index (χ2n) is 5.32. The lowest BCUT2D eigenvalue weighted by molar-refractivity contribution is -0.149. The number of ether oxygens (including phenoxy) is 1. The second kappa shape index (κ2) is 8.48. The number of amides is 2. The van der Waals surface area contributed by atoms with Gasteiger partial charge in [-0.2, -0.15) is 11.8 Å². The van der Waals surface area contributed by atoms with Crippen LogP contribution in [0.25, 0.3) is 0 Å². The highest BCUT2D eigenvalue weighted by Gasteiger charge is 2.30. The van der Waals surface area contributed by atoms with Crippen LogP contribution in [-0.4, -0.2) is 53.4 Å². The first kappa shape index (κ1) is 18.1. The number of nitrogens with one attached hydrogen (secondary N) is 2. The quantitative estimate of drug-likeness (QED) is 0.635. The highest BCUT2D eigenvalue weighted by atomic mass is 32.2. The Morgan fingerprint density at radius 2 is 1.95 bits per heavy atom. The van der Waals surface area contributed by atoms with Crippen LogP contribution < -0.4 is 10.6 Å². The lowest BCUT2D eigenvalue weighted by atomic mass is 10.0. The summed E-state index contributed by atoms with van der Waals surface area (Å²) < 4.78 is 5.41. The zero-order chi connectivity index (χ0) is 15.9. The number of carbonyl (C=O) groups is 2. The summed E-state index contributed by atoms with van der Waals surface area (Å²) in [7, 11) is 0. The molecule has 1 heterocycles. The van der Waals surface area contributed by atoms with Crippen molar-refractivity contribution in [3.63, 3.8) is 0 Å². The molecule has 21 heavy (non-hydrogen) atoms. The van der Waals surface area contributed by atoms with Gasteiger partial charge in [0.1, 0.15) is 0 Å². The fraction of sp³-hybridized carbons (Fsp3) is 0.857. The van der Waals surface area contributed by atoms with Crippen LogP contribution in [0.4, 0.5) is 4.79 Å². The number of hydrogen-bond donors (Lipinski definition) is 3. The number of rotatable bonds is 8. The summed E-state index contributed by atoms with van der Waals surface area (Å²) in [5.74, 6) is -0.933. The van der Waals surface area contributed by atoms with Gasteiger partial charge >= 0.3 is 12.0 Å². The number of carboxylic acid groups (broad SMARTS) is 1. The van der Waals surface area contributed by atoms with Crippen molar-refractivity contribution in [2.45, 2.75) is 56.5 Å². The Bertz CT molecular complexity index is 353. The predicted octanol–water partition coefficient (Wildman–Crippen LogP) is 1.84. The van der Waals surface area contributed by atoms with Crippen LogP contribution in [-0.2, 0) is 9.53 Å². The van der Waals surface area contributed by atoms with Gasteiger partial charge in [-0.3, -0.25) is 0 Å². The lowest BCUT2D eigenvalue weighted by Crippen LogP contribution is -2.46. The minimum absolute atomic E-state index is 0.0790. The molecule has 0 spiro atoms. The third kappa shape index (κ3) is 5.39. The maximum Gasteiger partial charge on any atom is 0.332 e. The highest BCUT2D eigenvalue weighted by molar-refractivity contribution is 8.00. The average molecular weight is 318 g/mol. The van der Waals surface area contributed by atoms with Crippen LogP contribution in [0.15, 0.2) is 0 Å². The Hall–Kier alpha value is -0.950. The number of aliphatic carboxylic acids is 1. The van der Waals surface area contributed by atoms with Crippen molar-refractivity contribution < 1.29 is 19.4 Å². The van der Waals surface area contributed by atoms with E-state index < -0.39 is 12.1 Å². The minimum atomic E-state index is -0.933. The molecule has 1 aliphatic heterocycles. The van der Waals surface area contributed by atoms with E-state index in [2.05, 4.69) is 30.7 Å². The maximum absolute atomic E-state index is 11.8. The van der Waals surface area contributed by atoms with Crippen molar-refractivity contribution >= 4 is 23.8 Å². The van der Waals surface area contributed by atoms with Gasteiger partial charge in [0.15, 0.2) is 6.10 Å². The number of thioether (sulfide) groups is 1. The summed E-state index contributed by atoms with van der Waals surface area (Å²) in [6, 6.07) is -0.224. The summed E-state index contributed by atoms with van der Waals surface area (Å²) in [4.78, 5) is 22.6. The number of carbonyl (C=O) groups excluding carboxylic acids is 1. The molecule has 2 amide bonds. The molecule has 0 bridgehead atoms. The number of urea groups is 1. The molecule has 3 N–H and O–H groups in total. The molecule has 0 saturated carbocycles. The Balaban J connectivity index is 2.27. The van der Waals surface area contributed by atoms with E-state index >= 15 is 0 Å². The Morgan fingerprint density at radius 3 is 2.43 bits per heavy atom. The van der Waals surface area contributed by atoms with Gasteiger partial charge in [0, 0.05) is 17.8 Å². The molecule has 122 valence electrons. The minimum Gasteiger partial charge on any atom is -0.479 e. The van der Waals surface area contributed by atoms with Gasteiger partial charge in [-0.15, -0.1) is 0 Å². The fourth-order valence-electron chi connectivity index (χ4n) is 2.41. The van der Waals surface area contributed by atoms with Crippen molar-refractivity contribution in [3.05, 3.63) is 0 Å². The molecule has 2 atom stereocenters. The Labute approximate surface area is 130 Å². The molecule has 6 nitrogen and oxygen atoms in total. The number of hydrogen-bond acceptors (Lipinski definition) is 4. The van der Waals surface area contributed by atoms with E-state index in [1.807, 2.05) is 0 Å². The van der Waals surface area contributed by atoms with E-state index in [1.165, 1.54) is 0 Å². The van der Waals surface area contributed by atoms with E-state index in [4.69, 9.17) is 9.84 Å². The van der Waals surface area contributed by atoms with E-state index in [0.717, 1.165) is 12.8 Å². The van der Waals surface area contributed by atoms with Gasteiger partial charge in [-0.25, -0.2) is 9.59 Å². The Kier molecular flexibility index (Phi) is 7.31. The molecule has 0 aromatic carbocycles.